The Bertz CT molecular complexity index is 615. The van der Waals surface area contributed by atoms with Gasteiger partial charge in [-0.05, 0) is 6.42 Å². The summed E-state index contributed by atoms with van der Waals surface area (Å²) >= 11 is 0. The van der Waals surface area contributed by atoms with Gasteiger partial charge >= 0.3 is 5.97 Å². The molecule has 9 heteroatoms. The van der Waals surface area contributed by atoms with E-state index in [0.717, 1.165) is 46.4 Å². The minimum absolute atomic E-state index is 0.176. The van der Waals surface area contributed by atoms with Crippen molar-refractivity contribution in [3.05, 3.63) is 27.8 Å². The molecule has 0 amide bonds. The lowest BCUT2D eigenvalue weighted by atomic mass is 10.1. The molecule has 1 aromatic rings. The Hall–Kier alpha value is -2.39. The van der Waals surface area contributed by atoms with Gasteiger partial charge in [0.15, 0.2) is 11.5 Å². The molecule has 138 valence electrons. The number of carbonyl (C=O) groups excluding carboxylic acids is 1. The monoisotopic (exact) mass is 354 g/mol. The fourth-order valence-electron chi connectivity index (χ4n) is 2.54. The molecule has 1 heterocycles. The highest BCUT2D eigenvalue weighted by Gasteiger charge is 2.25. The highest BCUT2D eigenvalue weighted by Crippen LogP contribution is 2.35. The number of benzene rings is 1. The first-order valence-corrected chi connectivity index (χ1v) is 7.94. The van der Waals surface area contributed by atoms with Crippen molar-refractivity contribution in [2.75, 3.05) is 53.7 Å². The van der Waals surface area contributed by atoms with E-state index in [4.69, 9.17) is 14.2 Å². The first kappa shape index (κ1) is 18.9. The van der Waals surface area contributed by atoms with E-state index in [-0.39, 0.29) is 22.7 Å². The van der Waals surface area contributed by atoms with Crippen LogP contribution < -0.4 is 9.47 Å². The van der Waals surface area contributed by atoms with E-state index in [9.17, 15) is 14.9 Å². The maximum absolute atomic E-state index is 11.7. The number of methoxy groups -OCH3 is 2. The molecule has 0 spiro atoms. The van der Waals surface area contributed by atoms with Crippen LogP contribution in [-0.4, -0.2) is 69.5 Å². The van der Waals surface area contributed by atoms with Gasteiger partial charge in [-0.25, -0.2) is 4.79 Å². The predicted octanol–water partition coefficient (Wildman–Crippen LogP) is 1.49. The smallest absolute Gasteiger partial charge is 0.345 e. The van der Waals surface area contributed by atoms with Gasteiger partial charge in [-0.15, -0.1) is 0 Å². The Balaban J connectivity index is 2.04. The average Bonchev–Trinajstić information content (AvgIpc) is 2.64. The number of rotatable bonds is 8. The molecule has 1 aromatic carbocycles. The lowest BCUT2D eigenvalue weighted by Crippen LogP contribution is -2.37. The lowest BCUT2D eigenvalue weighted by Gasteiger charge is -2.26. The van der Waals surface area contributed by atoms with Crippen LogP contribution in [0.1, 0.15) is 16.8 Å². The molecule has 0 aromatic heterocycles. The number of nitro benzene ring substituents is 1. The number of ether oxygens (including phenoxy) is 4. The van der Waals surface area contributed by atoms with Gasteiger partial charge in [-0.2, -0.15) is 0 Å². The Kier molecular flexibility index (Phi) is 6.96. The van der Waals surface area contributed by atoms with Crippen molar-refractivity contribution in [1.29, 1.82) is 0 Å². The zero-order chi connectivity index (χ0) is 18.2. The second-order valence-electron chi connectivity index (χ2n) is 5.42. The largest absolute Gasteiger partial charge is 0.493 e. The second kappa shape index (κ2) is 9.19. The molecular formula is C16H22N2O7. The highest BCUT2D eigenvalue weighted by atomic mass is 16.6. The van der Waals surface area contributed by atoms with E-state index in [2.05, 4.69) is 9.64 Å². The summed E-state index contributed by atoms with van der Waals surface area (Å²) in [6.45, 7) is 4.48. The first-order chi connectivity index (χ1) is 12.1. The van der Waals surface area contributed by atoms with Crippen LogP contribution in [0.15, 0.2) is 12.1 Å². The molecule has 1 aliphatic rings. The number of hydrogen-bond acceptors (Lipinski definition) is 8. The van der Waals surface area contributed by atoms with Crippen molar-refractivity contribution in [3.63, 3.8) is 0 Å². The molecule has 9 nitrogen and oxygen atoms in total. The Morgan fingerprint density at radius 2 is 2.00 bits per heavy atom. The summed E-state index contributed by atoms with van der Waals surface area (Å²) in [5.74, 6) is -0.329. The molecule has 0 radical (unpaired) electrons. The Labute approximate surface area is 145 Å². The molecule has 0 aliphatic carbocycles. The third-order valence-corrected chi connectivity index (χ3v) is 3.86. The van der Waals surface area contributed by atoms with Crippen LogP contribution in [0.3, 0.4) is 0 Å². The van der Waals surface area contributed by atoms with Crippen molar-refractivity contribution in [1.82, 2.24) is 4.90 Å². The number of esters is 1. The van der Waals surface area contributed by atoms with Crippen molar-refractivity contribution in [2.24, 2.45) is 0 Å². The summed E-state index contributed by atoms with van der Waals surface area (Å²) in [7, 11) is 2.57. The molecule has 1 fully saturated rings. The molecule has 2 rings (SSSR count). The van der Waals surface area contributed by atoms with Gasteiger partial charge in [0.25, 0.3) is 5.69 Å². The van der Waals surface area contributed by atoms with Crippen LogP contribution in [0, 0.1) is 10.1 Å². The normalized spacial score (nSPS) is 14.8. The van der Waals surface area contributed by atoms with Gasteiger partial charge in [0.1, 0.15) is 5.56 Å². The predicted molar refractivity (Wildman–Crippen MR) is 88.4 cm³/mol. The van der Waals surface area contributed by atoms with Gasteiger partial charge in [0, 0.05) is 25.7 Å². The highest BCUT2D eigenvalue weighted by molar-refractivity contribution is 5.94. The van der Waals surface area contributed by atoms with Crippen LogP contribution in [0.25, 0.3) is 0 Å². The third kappa shape index (κ3) is 5.04. The van der Waals surface area contributed by atoms with Gasteiger partial charge in [-0.1, -0.05) is 0 Å². The van der Waals surface area contributed by atoms with Crippen LogP contribution >= 0.6 is 0 Å². The Morgan fingerprint density at radius 1 is 1.28 bits per heavy atom. The third-order valence-electron chi connectivity index (χ3n) is 3.86. The van der Waals surface area contributed by atoms with Crippen molar-refractivity contribution < 1.29 is 28.7 Å². The first-order valence-electron chi connectivity index (χ1n) is 7.94. The molecule has 0 saturated carbocycles. The summed E-state index contributed by atoms with van der Waals surface area (Å²) in [6, 6.07) is 2.46. The second-order valence-corrected chi connectivity index (χ2v) is 5.42. The van der Waals surface area contributed by atoms with Crippen molar-refractivity contribution in [3.8, 4) is 11.5 Å². The van der Waals surface area contributed by atoms with Gasteiger partial charge in [-0.3, -0.25) is 15.0 Å². The van der Waals surface area contributed by atoms with E-state index in [0.29, 0.717) is 6.61 Å². The standard InChI is InChI=1S/C16H22N2O7/c1-22-14-10-12(16(19)23-2)13(18(20)21)11-15(14)25-7-3-4-17-5-8-24-9-6-17/h10-11H,3-9H2,1-2H3. The molecule has 25 heavy (non-hydrogen) atoms. The maximum Gasteiger partial charge on any atom is 0.345 e. The average molecular weight is 354 g/mol. The quantitative estimate of drug-likeness (QED) is 0.300. The maximum atomic E-state index is 11.7. The fourth-order valence-corrected chi connectivity index (χ4v) is 2.54. The molecular weight excluding hydrogens is 332 g/mol. The van der Waals surface area contributed by atoms with E-state index in [1.807, 2.05) is 0 Å². The summed E-state index contributed by atoms with van der Waals surface area (Å²) in [4.78, 5) is 24.6. The zero-order valence-corrected chi connectivity index (χ0v) is 14.4. The molecule has 1 aliphatic heterocycles. The summed E-state index contributed by atoms with van der Waals surface area (Å²) in [5.41, 5.74) is -0.555. The molecule has 0 bridgehead atoms. The number of hydrogen-bond donors (Lipinski definition) is 0. The minimum atomic E-state index is -0.802. The number of carbonyl (C=O) groups is 1. The zero-order valence-electron chi connectivity index (χ0n) is 14.4. The summed E-state index contributed by atoms with van der Waals surface area (Å²) in [6.07, 6.45) is 0.760. The van der Waals surface area contributed by atoms with Gasteiger partial charge < -0.3 is 18.9 Å². The van der Waals surface area contributed by atoms with E-state index in [1.54, 1.807) is 0 Å². The summed E-state index contributed by atoms with van der Waals surface area (Å²) in [5, 5.41) is 11.2. The van der Waals surface area contributed by atoms with E-state index in [1.165, 1.54) is 19.2 Å². The minimum Gasteiger partial charge on any atom is -0.493 e. The fraction of sp³-hybridized carbons (Fsp3) is 0.562. The number of nitro groups is 1. The summed E-state index contributed by atoms with van der Waals surface area (Å²) < 4.78 is 20.7. The van der Waals surface area contributed by atoms with Crippen LogP contribution in [-0.2, 0) is 9.47 Å². The Morgan fingerprint density at radius 3 is 2.60 bits per heavy atom. The molecule has 0 unspecified atom stereocenters. The lowest BCUT2D eigenvalue weighted by molar-refractivity contribution is -0.385. The molecule has 0 atom stereocenters. The van der Waals surface area contributed by atoms with Crippen molar-refractivity contribution in [2.45, 2.75) is 6.42 Å². The molecule has 1 saturated heterocycles. The topological polar surface area (TPSA) is 100 Å². The van der Waals surface area contributed by atoms with Crippen molar-refractivity contribution >= 4 is 11.7 Å². The van der Waals surface area contributed by atoms with Gasteiger partial charge in [0.2, 0.25) is 0 Å². The SMILES string of the molecule is COC(=O)c1cc(OC)c(OCCCN2CCOCC2)cc1[N+](=O)[O-]. The van der Waals surface area contributed by atoms with Crippen LogP contribution in [0.4, 0.5) is 5.69 Å². The van der Waals surface area contributed by atoms with E-state index >= 15 is 0 Å². The van der Waals surface area contributed by atoms with Gasteiger partial charge in [0.05, 0.1) is 45.0 Å². The number of morpholine rings is 1. The number of nitrogens with zero attached hydrogens (tertiary/aromatic N) is 2. The van der Waals surface area contributed by atoms with Crippen LogP contribution in [0.5, 0.6) is 11.5 Å². The molecule has 0 N–H and O–H groups in total. The van der Waals surface area contributed by atoms with Crippen LogP contribution in [0.2, 0.25) is 0 Å². The van der Waals surface area contributed by atoms with E-state index < -0.39 is 10.9 Å².